The van der Waals surface area contributed by atoms with Gasteiger partial charge in [-0.25, -0.2) is 15.0 Å². The summed E-state index contributed by atoms with van der Waals surface area (Å²) in [6, 6.07) is 27.9. The molecule has 5 aromatic rings. The highest BCUT2D eigenvalue weighted by atomic mass is 15.2. The number of aryl methyl sites for hydroxylation is 1. The second kappa shape index (κ2) is 7.24. The number of para-hydroxylation sites is 3. The molecule has 6 rings (SSSR count). The van der Waals surface area contributed by atoms with Crippen LogP contribution in [0.25, 0.3) is 22.3 Å². The fraction of sp³-hybridized carbons (Fsp3) is 0.138. The average Bonchev–Trinajstić information content (AvgIpc) is 2.85. The summed E-state index contributed by atoms with van der Waals surface area (Å²) in [5.41, 5.74) is 9.92. The van der Waals surface area contributed by atoms with Crippen LogP contribution in [-0.2, 0) is 5.41 Å². The monoisotopic (exact) mass is 428 g/mol. The van der Waals surface area contributed by atoms with Gasteiger partial charge in [-0.15, -0.1) is 0 Å². The molecule has 3 aromatic carbocycles. The lowest BCUT2D eigenvalue weighted by molar-refractivity contribution is 0.632. The summed E-state index contributed by atoms with van der Waals surface area (Å²) in [5.74, 6) is 0. The Bertz CT molecular complexity index is 1460. The van der Waals surface area contributed by atoms with Gasteiger partial charge in [-0.05, 0) is 47.9 Å². The molecule has 0 saturated carbocycles. The van der Waals surface area contributed by atoms with E-state index in [1.54, 1.807) is 12.5 Å². The number of nitrogens with zero attached hydrogens (tertiary/aromatic N) is 4. The van der Waals surface area contributed by atoms with Crippen LogP contribution in [0.3, 0.4) is 0 Å². The first-order chi connectivity index (χ1) is 16.1. The Hall–Kier alpha value is -4.05. The zero-order valence-corrected chi connectivity index (χ0v) is 18.9. The number of fused-ring (bicyclic) bond motifs is 3. The summed E-state index contributed by atoms with van der Waals surface area (Å²) in [4.78, 5) is 16.0. The van der Waals surface area contributed by atoms with Crippen LogP contribution in [0.2, 0.25) is 0 Å². The Morgan fingerprint density at radius 3 is 2.12 bits per heavy atom. The van der Waals surface area contributed by atoms with E-state index >= 15 is 0 Å². The lowest BCUT2D eigenvalue weighted by atomic mass is 9.73. The van der Waals surface area contributed by atoms with Crippen LogP contribution in [0, 0.1) is 6.92 Å². The zero-order valence-electron chi connectivity index (χ0n) is 18.9. The fourth-order valence-electron chi connectivity index (χ4n) is 5.17. The number of aromatic nitrogens is 3. The van der Waals surface area contributed by atoms with Crippen LogP contribution in [0.5, 0.6) is 0 Å². The number of anilines is 3. The van der Waals surface area contributed by atoms with Crippen molar-refractivity contribution < 1.29 is 0 Å². The van der Waals surface area contributed by atoms with Crippen molar-refractivity contribution in [3.8, 4) is 11.3 Å². The van der Waals surface area contributed by atoms with Crippen molar-refractivity contribution in [2.45, 2.75) is 26.2 Å². The normalized spacial score (nSPS) is 14.1. The smallest absolute Gasteiger partial charge is 0.163 e. The zero-order chi connectivity index (χ0) is 22.6. The van der Waals surface area contributed by atoms with Gasteiger partial charge in [-0.3, -0.25) is 0 Å². The molecule has 0 radical (unpaired) electrons. The highest BCUT2D eigenvalue weighted by molar-refractivity contribution is 5.99. The number of pyridine rings is 1. The Labute approximate surface area is 193 Å². The molecule has 33 heavy (non-hydrogen) atoms. The van der Waals surface area contributed by atoms with E-state index in [0.717, 1.165) is 22.3 Å². The molecule has 1 aliphatic rings. The van der Waals surface area contributed by atoms with Gasteiger partial charge in [0.25, 0.3) is 0 Å². The highest BCUT2D eigenvalue weighted by Gasteiger charge is 2.37. The van der Waals surface area contributed by atoms with Gasteiger partial charge in [0.1, 0.15) is 6.33 Å². The van der Waals surface area contributed by atoms with E-state index in [2.05, 4.69) is 102 Å². The lowest BCUT2D eigenvalue weighted by Gasteiger charge is -2.43. The molecule has 2 aromatic heterocycles. The summed E-state index contributed by atoms with van der Waals surface area (Å²) in [7, 11) is 0. The van der Waals surface area contributed by atoms with E-state index in [4.69, 9.17) is 4.98 Å². The summed E-state index contributed by atoms with van der Waals surface area (Å²) in [6.45, 7) is 6.79. The van der Waals surface area contributed by atoms with Crippen LogP contribution < -0.4 is 4.90 Å². The molecule has 0 N–H and O–H groups in total. The third-order valence-corrected chi connectivity index (χ3v) is 6.76. The summed E-state index contributed by atoms with van der Waals surface area (Å²) in [6.07, 6.45) is 3.38. The van der Waals surface area contributed by atoms with E-state index in [0.29, 0.717) is 5.65 Å². The van der Waals surface area contributed by atoms with Crippen molar-refractivity contribution in [3.05, 3.63) is 108 Å². The number of benzene rings is 3. The van der Waals surface area contributed by atoms with Crippen LogP contribution >= 0.6 is 0 Å². The van der Waals surface area contributed by atoms with Gasteiger partial charge < -0.3 is 4.90 Å². The largest absolute Gasteiger partial charge is 0.309 e. The molecule has 0 unspecified atom stereocenters. The molecule has 4 nitrogen and oxygen atoms in total. The first-order valence-corrected chi connectivity index (χ1v) is 11.2. The van der Waals surface area contributed by atoms with Crippen LogP contribution in [-0.4, -0.2) is 15.0 Å². The van der Waals surface area contributed by atoms with Crippen molar-refractivity contribution in [3.63, 3.8) is 0 Å². The number of hydrogen-bond donors (Lipinski definition) is 0. The van der Waals surface area contributed by atoms with E-state index in [9.17, 15) is 0 Å². The molecule has 0 bridgehead atoms. The maximum Gasteiger partial charge on any atom is 0.163 e. The summed E-state index contributed by atoms with van der Waals surface area (Å²) < 4.78 is 0. The molecule has 0 atom stereocenters. The second-order valence-electron chi connectivity index (χ2n) is 9.06. The summed E-state index contributed by atoms with van der Waals surface area (Å²) in [5, 5.41) is 0.950. The van der Waals surface area contributed by atoms with Crippen LogP contribution in [0.15, 0.2) is 91.4 Å². The summed E-state index contributed by atoms with van der Waals surface area (Å²) >= 11 is 0. The maximum absolute atomic E-state index is 4.74. The minimum atomic E-state index is -0.0991. The van der Waals surface area contributed by atoms with Gasteiger partial charge in [0.15, 0.2) is 5.65 Å². The molecular formula is C29H24N4. The lowest BCUT2D eigenvalue weighted by Crippen LogP contribution is -2.31. The molecule has 0 aliphatic carbocycles. The Balaban J connectivity index is 1.70. The second-order valence-corrected chi connectivity index (χ2v) is 9.06. The van der Waals surface area contributed by atoms with Crippen LogP contribution in [0.4, 0.5) is 17.1 Å². The molecule has 4 heteroatoms. The fourth-order valence-corrected chi connectivity index (χ4v) is 5.17. The Morgan fingerprint density at radius 2 is 1.39 bits per heavy atom. The topological polar surface area (TPSA) is 41.9 Å². The third kappa shape index (κ3) is 2.87. The van der Waals surface area contributed by atoms with Gasteiger partial charge in [0.05, 0.1) is 22.8 Å². The Kier molecular flexibility index (Phi) is 4.31. The van der Waals surface area contributed by atoms with Gasteiger partial charge in [0, 0.05) is 22.6 Å². The van der Waals surface area contributed by atoms with E-state index in [1.807, 2.05) is 12.1 Å². The van der Waals surface area contributed by atoms with E-state index < -0.39 is 0 Å². The van der Waals surface area contributed by atoms with Crippen molar-refractivity contribution in [1.82, 2.24) is 15.0 Å². The molecule has 0 amide bonds. The van der Waals surface area contributed by atoms with Crippen molar-refractivity contribution in [1.29, 1.82) is 0 Å². The molecule has 1 aliphatic heterocycles. The predicted octanol–water partition coefficient (Wildman–Crippen LogP) is 7.11. The highest BCUT2D eigenvalue weighted by Crippen LogP contribution is 2.53. The third-order valence-electron chi connectivity index (χ3n) is 6.76. The van der Waals surface area contributed by atoms with Crippen molar-refractivity contribution in [2.75, 3.05) is 4.90 Å². The minimum absolute atomic E-state index is 0.0991. The molecule has 160 valence electrons. The van der Waals surface area contributed by atoms with Gasteiger partial charge >= 0.3 is 0 Å². The average molecular weight is 429 g/mol. The van der Waals surface area contributed by atoms with Gasteiger partial charge in [0.2, 0.25) is 0 Å². The maximum atomic E-state index is 4.74. The van der Waals surface area contributed by atoms with E-state index in [1.165, 1.54) is 28.1 Å². The number of hydrogen-bond acceptors (Lipinski definition) is 4. The molecular weight excluding hydrogens is 404 g/mol. The van der Waals surface area contributed by atoms with E-state index in [-0.39, 0.29) is 5.41 Å². The van der Waals surface area contributed by atoms with Crippen molar-refractivity contribution >= 4 is 28.1 Å². The van der Waals surface area contributed by atoms with Crippen molar-refractivity contribution in [2.24, 2.45) is 0 Å². The van der Waals surface area contributed by atoms with Crippen LogP contribution in [0.1, 0.15) is 30.5 Å². The molecule has 0 spiro atoms. The first kappa shape index (κ1) is 19.6. The quantitative estimate of drug-likeness (QED) is 0.300. The minimum Gasteiger partial charge on any atom is -0.309 e. The molecule has 0 saturated heterocycles. The SMILES string of the molecule is Cc1cccc(-c2ncnc3ncccc23)c1N1c2ccccc2C(C)(C)c2ccccc21. The molecule has 0 fully saturated rings. The Morgan fingerprint density at radius 1 is 0.697 bits per heavy atom. The predicted molar refractivity (Wildman–Crippen MR) is 134 cm³/mol. The number of rotatable bonds is 2. The first-order valence-electron chi connectivity index (χ1n) is 11.2. The van der Waals surface area contributed by atoms with Gasteiger partial charge in [-0.2, -0.15) is 0 Å². The van der Waals surface area contributed by atoms with Gasteiger partial charge in [-0.1, -0.05) is 68.4 Å². The standard InChI is InChI=1S/C29H24N4/c1-19-10-8-11-20(26-21-12-9-17-30-28(21)32-18-31-26)27(19)33-24-15-6-4-13-22(24)29(2,3)23-14-5-7-16-25(23)33/h4-18H,1-3H3. The molecule has 3 heterocycles.